The van der Waals surface area contributed by atoms with E-state index in [2.05, 4.69) is 6.92 Å². The molecule has 0 radical (unpaired) electrons. The molecule has 0 amide bonds. The van der Waals surface area contributed by atoms with Gasteiger partial charge in [-0.15, -0.1) is 0 Å². The summed E-state index contributed by atoms with van der Waals surface area (Å²) >= 11 is 1.62. The van der Waals surface area contributed by atoms with Gasteiger partial charge < -0.3 is 4.74 Å². The van der Waals surface area contributed by atoms with Crippen LogP contribution in [0.4, 0.5) is 0 Å². The van der Waals surface area contributed by atoms with Crippen LogP contribution >= 0.6 is 11.8 Å². The Labute approximate surface area is 120 Å². The van der Waals surface area contributed by atoms with E-state index in [9.17, 15) is 13.2 Å². The van der Waals surface area contributed by atoms with E-state index >= 15 is 0 Å². The Morgan fingerprint density at radius 3 is 2.74 bits per heavy atom. The zero-order valence-corrected chi connectivity index (χ0v) is 13.4. The molecule has 2 unspecified atom stereocenters. The first-order valence-electron chi connectivity index (χ1n) is 6.52. The molecule has 19 heavy (non-hydrogen) atoms. The van der Waals surface area contributed by atoms with Gasteiger partial charge in [-0.1, -0.05) is 19.8 Å². The van der Waals surface area contributed by atoms with Crippen molar-refractivity contribution in [1.29, 1.82) is 0 Å². The fraction of sp³-hybridized carbons (Fsp3) is 0.917. The Bertz CT molecular complexity index is 397. The Kier molecular flexibility index (Phi) is 6.62. The number of esters is 1. The highest BCUT2D eigenvalue weighted by Gasteiger charge is 2.38. The van der Waals surface area contributed by atoms with Gasteiger partial charge in [-0.2, -0.15) is 11.8 Å². The molecule has 1 fully saturated rings. The van der Waals surface area contributed by atoms with Gasteiger partial charge in [-0.3, -0.25) is 9.69 Å². The molecule has 0 N–H and O–H groups in total. The maximum absolute atomic E-state index is 11.9. The zero-order valence-electron chi connectivity index (χ0n) is 11.8. The third kappa shape index (κ3) is 4.65. The third-order valence-electron chi connectivity index (χ3n) is 3.32. The predicted octanol–water partition coefficient (Wildman–Crippen LogP) is 1.14. The molecule has 0 spiro atoms. The molecule has 1 rings (SSSR count). The average molecular weight is 309 g/mol. The molecule has 1 aliphatic rings. The second-order valence-corrected chi connectivity index (χ2v) is 8.13. The van der Waals surface area contributed by atoms with E-state index in [0.29, 0.717) is 18.7 Å². The number of nitrogens with zero attached hydrogens (tertiary/aromatic N) is 1. The summed E-state index contributed by atoms with van der Waals surface area (Å²) in [6.07, 6.45) is 3.75. The summed E-state index contributed by atoms with van der Waals surface area (Å²) in [6, 6.07) is -0.439. The van der Waals surface area contributed by atoms with Crippen LogP contribution in [-0.4, -0.2) is 62.1 Å². The van der Waals surface area contributed by atoms with Crippen LogP contribution < -0.4 is 0 Å². The lowest BCUT2D eigenvalue weighted by atomic mass is 10.1. The highest BCUT2D eigenvalue weighted by molar-refractivity contribution is 8.00. The second-order valence-electron chi connectivity index (χ2n) is 4.78. The van der Waals surface area contributed by atoms with E-state index in [1.54, 1.807) is 11.8 Å². The van der Waals surface area contributed by atoms with E-state index in [1.165, 1.54) is 13.4 Å². The number of carbonyl (C=O) groups excluding carboxylic acids is 1. The van der Waals surface area contributed by atoms with Crippen molar-refractivity contribution in [3.05, 3.63) is 0 Å². The number of carbonyl (C=O) groups is 1. The van der Waals surface area contributed by atoms with Crippen molar-refractivity contribution in [2.75, 3.05) is 31.4 Å². The number of hydrogen-bond acceptors (Lipinski definition) is 6. The highest BCUT2D eigenvalue weighted by Crippen LogP contribution is 2.25. The molecule has 1 aliphatic heterocycles. The molecule has 5 nitrogen and oxygen atoms in total. The molecule has 2 atom stereocenters. The number of ether oxygens (including phenoxy) is 1. The van der Waals surface area contributed by atoms with Crippen LogP contribution in [0.3, 0.4) is 0 Å². The fourth-order valence-electron chi connectivity index (χ4n) is 2.27. The van der Waals surface area contributed by atoms with Gasteiger partial charge in [0, 0.05) is 24.3 Å². The molecule has 112 valence electrons. The summed E-state index contributed by atoms with van der Waals surface area (Å²) in [4.78, 5) is 13.7. The summed E-state index contributed by atoms with van der Waals surface area (Å²) < 4.78 is 28.6. The number of methoxy groups -OCH3 is 1. The van der Waals surface area contributed by atoms with E-state index in [4.69, 9.17) is 4.74 Å². The van der Waals surface area contributed by atoms with Crippen molar-refractivity contribution in [2.24, 2.45) is 0 Å². The van der Waals surface area contributed by atoms with Gasteiger partial charge in [-0.25, -0.2) is 8.42 Å². The summed E-state index contributed by atoms with van der Waals surface area (Å²) in [6.45, 7) is 2.67. The lowest BCUT2D eigenvalue weighted by Crippen LogP contribution is -2.54. The molecule has 1 saturated heterocycles. The number of sulfone groups is 1. The van der Waals surface area contributed by atoms with Crippen LogP contribution in [0, 0.1) is 0 Å². The fourth-order valence-corrected chi connectivity index (χ4v) is 5.19. The van der Waals surface area contributed by atoms with Crippen molar-refractivity contribution in [2.45, 2.75) is 37.6 Å². The Morgan fingerprint density at radius 2 is 2.21 bits per heavy atom. The van der Waals surface area contributed by atoms with Gasteiger partial charge in [0.05, 0.1) is 7.11 Å². The third-order valence-corrected chi connectivity index (χ3v) is 5.98. The van der Waals surface area contributed by atoms with Gasteiger partial charge in [0.1, 0.15) is 11.4 Å². The quantitative estimate of drug-likeness (QED) is 0.686. The van der Waals surface area contributed by atoms with Gasteiger partial charge in [-0.05, 0) is 6.42 Å². The Morgan fingerprint density at radius 1 is 1.53 bits per heavy atom. The molecule has 1 heterocycles. The number of hydrogen-bond donors (Lipinski definition) is 0. The zero-order chi connectivity index (χ0) is 14.5. The molecule has 0 bridgehead atoms. The monoisotopic (exact) mass is 309 g/mol. The molecule has 0 aliphatic carbocycles. The van der Waals surface area contributed by atoms with Gasteiger partial charge in [0.2, 0.25) is 0 Å². The molecule has 7 heteroatoms. The van der Waals surface area contributed by atoms with E-state index in [1.807, 2.05) is 4.90 Å². The van der Waals surface area contributed by atoms with Crippen molar-refractivity contribution in [3.8, 4) is 0 Å². The van der Waals surface area contributed by atoms with E-state index in [-0.39, 0.29) is 5.97 Å². The SMILES string of the molecule is CCCCC(C(=O)OC)N1CCSCC1S(C)(=O)=O. The van der Waals surface area contributed by atoms with Crippen molar-refractivity contribution in [3.63, 3.8) is 0 Å². The van der Waals surface area contributed by atoms with Crippen LogP contribution in [0.5, 0.6) is 0 Å². The minimum Gasteiger partial charge on any atom is -0.468 e. The predicted molar refractivity (Wildman–Crippen MR) is 78.0 cm³/mol. The summed E-state index contributed by atoms with van der Waals surface area (Å²) in [5, 5.41) is -0.577. The average Bonchev–Trinajstić information content (AvgIpc) is 2.38. The first-order chi connectivity index (χ1) is 8.91. The van der Waals surface area contributed by atoms with Crippen molar-refractivity contribution >= 4 is 27.6 Å². The number of rotatable bonds is 6. The standard InChI is InChI=1S/C12H23NO4S2/c1-4-5-6-10(12(14)17-2)13-7-8-18-9-11(13)19(3,15)16/h10-11H,4-9H2,1-3H3. The number of unbranched alkanes of at least 4 members (excludes halogenated alkanes) is 1. The molecular formula is C12H23NO4S2. The smallest absolute Gasteiger partial charge is 0.323 e. The topological polar surface area (TPSA) is 63.7 Å². The van der Waals surface area contributed by atoms with E-state index in [0.717, 1.165) is 18.6 Å². The van der Waals surface area contributed by atoms with Gasteiger partial charge >= 0.3 is 5.97 Å². The largest absolute Gasteiger partial charge is 0.468 e. The maximum atomic E-state index is 11.9. The first kappa shape index (κ1) is 16.8. The van der Waals surface area contributed by atoms with Crippen molar-refractivity contribution < 1.29 is 17.9 Å². The first-order valence-corrected chi connectivity index (χ1v) is 9.63. The summed E-state index contributed by atoms with van der Waals surface area (Å²) in [5.74, 6) is 1.05. The lowest BCUT2D eigenvalue weighted by Gasteiger charge is -2.38. The molecule has 0 saturated carbocycles. The number of thioether (sulfide) groups is 1. The van der Waals surface area contributed by atoms with Crippen molar-refractivity contribution in [1.82, 2.24) is 4.90 Å². The van der Waals surface area contributed by atoms with Crippen LogP contribution in [0.15, 0.2) is 0 Å². The molecular weight excluding hydrogens is 286 g/mol. The van der Waals surface area contributed by atoms with Crippen LogP contribution in [0.1, 0.15) is 26.2 Å². The van der Waals surface area contributed by atoms with Crippen LogP contribution in [0.2, 0.25) is 0 Å². The van der Waals surface area contributed by atoms with Gasteiger partial charge in [0.25, 0.3) is 0 Å². The lowest BCUT2D eigenvalue weighted by molar-refractivity contribution is -0.147. The summed E-state index contributed by atoms with van der Waals surface area (Å²) in [7, 11) is -1.83. The summed E-state index contributed by atoms with van der Waals surface area (Å²) in [5.41, 5.74) is 0. The van der Waals surface area contributed by atoms with Gasteiger partial charge in [0.15, 0.2) is 9.84 Å². The highest BCUT2D eigenvalue weighted by atomic mass is 32.2. The Hall–Kier alpha value is -0.270. The van der Waals surface area contributed by atoms with Crippen LogP contribution in [-0.2, 0) is 19.4 Å². The minimum atomic E-state index is -3.19. The molecule has 0 aromatic carbocycles. The minimum absolute atomic E-state index is 0.325. The molecule has 0 aromatic rings. The Balaban J connectivity index is 2.92. The maximum Gasteiger partial charge on any atom is 0.323 e. The normalized spacial score (nSPS) is 23.0. The second kappa shape index (κ2) is 7.50. The van der Waals surface area contributed by atoms with E-state index < -0.39 is 21.3 Å². The molecule has 0 aromatic heterocycles. The van der Waals surface area contributed by atoms with Crippen LogP contribution in [0.25, 0.3) is 0 Å².